The minimum absolute atomic E-state index is 0.0519. The van der Waals surface area contributed by atoms with Gasteiger partial charge in [-0.1, -0.05) is 6.07 Å². The van der Waals surface area contributed by atoms with Crippen molar-refractivity contribution in [2.75, 3.05) is 5.32 Å². The summed E-state index contributed by atoms with van der Waals surface area (Å²) in [5, 5.41) is 7.83. The smallest absolute Gasteiger partial charge is 0.230 e. The molecule has 4 bridgehead atoms. The first kappa shape index (κ1) is 17.4. The Morgan fingerprint density at radius 1 is 1.19 bits per heavy atom. The Bertz CT molecular complexity index is 907. The molecule has 2 atom stereocenters. The van der Waals surface area contributed by atoms with Crippen LogP contribution in [0, 0.1) is 31.1 Å². The Kier molecular flexibility index (Phi) is 3.81. The molecule has 0 unspecified atom stereocenters. The lowest BCUT2D eigenvalue weighted by atomic mass is 9.46. The van der Waals surface area contributed by atoms with Crippen LogP contribution in [-0.2, 0) is 10.3 Å². The summed E-state index contributed by atoms with van der Waals surface area (Å²) in [6.07, 6.45) is 8.24. The van der Waals surface area contributed by atoms with E-state index in [4.69, 9.17) is 0 Å². The molecule has 4 saturated carbocycles. The van der Waals surface area contributed by atoms with Crippen molar-refractivity contribution in [3.8, 4) is 0 Å². The van der Waals surface area contributed by atoms with E-state index in [9.17, 15) is 4.79 Å². The monoisotopic (exact) mass is 428 g/mol. The fourth-order valence-electron chi connectivity index (χ4n) is 6.30. The van der Waals surface area contributed by atoms with E-state index in [0.717, 1.165) is 37.8 Å². The van der Waals surface area contributed by atoms with Crippen LogP contribution in [0.25, 0.3) is 0 Å². The van der Waals surface area contributed by atoms with E-state index >= 15 is 0 Å². The van der Waals surface area contributed by atoms with Crippen molar-refractivity contribution in [1.29, 1.82) is 0 Å². The first-order chi connectivity index (χ1) is 12.9. The normalized spacial score (nSPS) is 34.0. The number of hydrogen-bond acceptors (Lipinski definition) is 3. The van der Waals surface area contributed by atoms with Gasteiger partial charge >= 0.3 is 0 Å². The fourth-order valence-corrected chi connectivity index (χ4v) is 6.56. The van der Waals surface area contributed by atoms with Crippen LogP contribution in [-0.4, -0.2) is 20.7 Å². The van der Waals surface area contributed by atoms with Gasteiger partial charge in [-0.05, 0) is 103 Å². The van der Waals surface area contributed by atoms with E-state index in [1.165, 1.54) is 17.5 Å². The van der Waals surface area contributed by atoms with Crippen LogP contribution in [0.3, 0.4) is 0 Å². The first-order valence-corrected chi connectivity index (χ1v) is 10.6. The zero-order valence-corrected chi connectivity index (χ0v) is 17.4. The number of rotatable bonds is 3. The van der Waals surface area contributed by atoms with Gasteiger partial charge in [0.1, 0.15) is 6.33 Å². The van der Waals surface area contributed by atoms with Gasteiger partial charge in [0.25, 0.3) is 0 Å². The minimum Gasteiger partial charge on any atom is -0.326 e. The highest BCUT2D eigenvalue weighted by atomic mass is 79.9. The number of aromatic nitrogens is 3. The van der Waals surface area contributed by atoms with Gasteiger partial charge < -0.3 is 5.32 Å². The van der Waals surface area contributed by atoms with Crippen molar-refractivity contribution in [3.63, 3.8) is 0 Å². The quantitative estimate of drug-likeness (QED) is 0.777. The summed E-state index contributed by atoms with van der Waals surface area (Å²) in [5.74, 6) is 1.42. The molecule has 0 radical (unpaired) electrons. The second-order valence-corrected chi connectivity index (χ2v) is 9.89. The van der Waals surface area contributed by atoms with Gasteiger partial charge in [0, 0.05) is 5.69 Å². The van der Waals surface area contributed by atoms with Crippen LogP contribution in [0.2, 0.25) is 0 Å². The molecule has 1 aromatic carbocycles. The van der Waals surface area contributed by atoms with Crippen molar-refractivity contribution in [3.05, 3.63) is 40.4 Å². The van der Waals surface area contributed by atoms with Crippen LogP contribution in [0.4, 0.5) is 5.69 Å². The summed E-state index contributed by atoms with van der Waals surface area (Å²) in [6, 6.07) is 6.18. The van der Waals surface area contributed by atoms with Gasteiger partial charge in [0.05, 0.1) is 11.0 Å². The number of carbonyl (C=O) groups is 1. The minimum atomic E-state index is -0.276. The Labute approximate surface area is 168 Å². The number of aryl methyl sites for hydroxylation is 2. The topological polar surface area (TPSA) is 59.8 Å². The van der Waals surface area contributed by atoms with Crippen molar-refractivity contribution in [1.82, 2.24) is 14.8 Å². The van der Waals surface area contributed by atoms with Crippen molar-refractivity contribution in [2.24, 2.45) is 17.3 Å². The van der Waals surface area contributed by atoms with E-state index in [0.29, 0.717) is 16.6 Å². The van der Waals surface area contributed by atoms with Crippen LogP contribution in [0.1, 0.15) is 49.7 Å². The molecule has 1 N–H and O–H groups in total. The predicted octanol–water partition coefficient (Wildman–Crippen LogP) is 4.59. The van der Waals surface area contributed by atoms with Crippen LogP contribution in [0.15, 0.2) is 29.3 Å². The van der Waals surface area contributed by atoms with Gasteiger partial charge in [0.2, 0.25) is 10.6 Å². The largest absolute Gasteiger partial charge is 0.326 e. The van der Waals surface area contributed by atoms with Crippen molar-refractivity contribution < 1.29 is 4.79 Å². The van der Waals surface area contributed by atoms with Crippen molar-refractivity contribution in [2.45, 2.75) is 57.9 Å². The molecule has 5 nitrogen and oxygen atoms in total. The number of anilines is 1. The zero-order valence-electron chi connectivity index (χ0n) is 15.8. The molecule has 6 heteroatoms. The van der Waals surface area contributed by atoms with E-state index in [-0.39, 0.29) is 16.9 Å². The molecular formula is C21H25BrN4O. The first-order valence-electron chi connectivity index (χ1n) is 9.84. The molecule has 142 valence electrons. The molecule has 2 aromatic rings. The molecule has 1 amide bonds. The van der Waals surface area contributed by atoms with Gasteiger partial charge in [0.15, 0.2) is 0 Å². The highest BCUT2D eigenvalue weighted by molar-refractivity contribution is 9.10. The summed E-state index contributed by atoms with van der Waals surface area (Å²) < 4.78 is 2.68. The van der Waals surface area contributed by atoms with E-state index < -0.39 is 0 Å². The second kappa shape index (κ2) is 5.90. The lowest BCUT2D eigenvalue weighted by Gasteiger charge is -2.60. The fraction of sp³-hybridized carbons (Fsp3) is 0.571. The van der Waals surface area contributed by atoms with Crippen molar-refractivity contribution >= 4 is 27.5 Å². The highest BCUT2D eigenvalue weighted by Gasteiger charge is 2.61. The molecular weight excluding hydrogens is 404 g/mol. The van der Waals surface area contributed by atoms with Gasteiger partial charge in [-0.3, -0.25) is 4.79 Å². The van der Waals surface area contributed by atoms with Crippen LogP contribution in [0.5, 0.6) is 0 Å². The standard InChI is InChI=1S/C21H25BrN4O/c1-13-3-4-17(5-14(13)2)24-18(27)20-7-15-6-16(8-20)10-21(9-15,11-20)26-12-23-19(22)25-26/h3-5,12,15-16H,6-11H2,1-2H3,(H,24,27)/t15-,16-,20?,21?/m1/s1. The SMILES string of the molecule is Cc1ccc(NC(=O)C23C[C@H]4C[C@H](C2)CC(n2cnc(Br)n2)(C4)C3)cc1C. The maximum absolute atomic E-state index is 13.5. The predicted molar refractivity (Wildman–Crippen MR) is 107 cm³/mol. The maximum Gasteiger partial charge on any atom is 0.230 e. The number of carbonyl (C=O) groups excluding carboxylic acids is 1. The molecule has 27 heavy (non-hydrogen) atoms. The second-order valence-electron chi connectivity index (χ2n) is 9.18. The third-order valence-electron chi connectivity index (χ3n) is 7.23. The zero-order chi connectivity index (χ0) is 18.8. The van der Waals surface area contributed by atoms with Gasteiger partial charge in [-0.25, -0.2) is 9.67 Å². The summed E-state index contributed by atoms with van der Waals surface area (Å²) in [6.45, 7) is 4.19. The molecule has 4 aliphatic rings. The van der Waals surface area contributed by atoms with E-state index in [1.54, 1.807) is 0 Å². The number of benzene rings is 1. The average Bonchev–Trinajstić information content (AvgIpc) is 3.04. The summed E-state index contributed by atoms with van der Waals surface area (Å²) in [7, 11) is 0. The Morgan fingerprint density at radius 2 is 1.93 bits per heavy atom. The number of amides is 1. The lowest BCUT2D eigenvalue weighted by Crippen LogP contribution is -2.60. The molecule has 6 rings (SSSR count). The van der Waals surface area contributed by atoms with Gasteiger partial charge in [-0.15, -0.1) is 5.10 Å². The Balaban J connectivity index is 1.46. The third kappa shape index (κ3) is 2.75. The average molecular weight is 429 g/mol. The molecule has 0 spiro atoms. The van der Waals surface area contributed by atoms with E-state index in [1.807, 2.05) is 17.1 Å². The summed E-state index contributed by atoms with van der Waals surface area (Å²) in [5.41, 5.74) is 3.04. The van der Waals surface area contributed by atoms with Crippen LogP contribution < -0.4 is 5.32 Å². The summed E-state index contributed by atoms with van der Waals surface area (Å²) in [4.78, 5) is 17.8. The lowest BCUT2D eigenvalue weighted by molar-refractivity contribution is -0.150. The highest BCUT2D eigenvalue weighted by Crippen LogP contribution is 2.64. The summed E-state index contributed by atoms with van der Waals surface area (Å²) >= 11 is 3.39. The molecule has 0 aliphatic heterocycles. The van der Waals surface area contributed by atoms with Gasteiger partial charge in [-0.2, -0.15) is 0 Å². The number of nitrogens with zero attached hydrogens (tertiary/aromatic N) is 3. The molecule has 4 fully saturated rings. The Morgan fingerprint density at radius 3 is 2.56 bits per heavy atom. The Hall–Kier alpha value is -1.69. The number of nitrogens with one attached hydrogen (secondary N) is 1. The number of halogens is 1. The maximum atomic E-state index is 13.5. The third-order valence-corrected chi connectivity index (χ3v) is 7.59. The molecule has 1 aromatic heterocycles. The molecule has 4 aliphatic carbocycles. The number of hydrogen-bond donors (Lipinski definition) is 1. The van der Waals surface area contributed by atoms with Crippen LogP contribution >= 0.6 is 15.9 Å². The molecule has 0 saturated heterocycles. The van der Waals surface area contributed by atoms with E-state index in [2.05, 4.69) is 57.3 Å². The molecule has 1 heterocycles.